The van der Waals surface area contributed by atoms with Crippen molar-refractivity contribution in [1.29, 1.82) is 0 Å². The number of anilines is 1. The molecule has 1 aliphatic rings. The van der Waals surface area contributed by atoms with E-state index in [1.54, 1.807) is 0 Å². The highest BCUT2D eigenvalue weighted by Gasteiger charge is 2.21. The van der Waals surface area contributed by atoms with Gasteiger partial charge in [-0.2, -0.15) is 0 Å². The van der Waals surface area contributed by atoms with Gasteiger partial charge in [-0.05, 0) is 54.3 Å². The number of hydrogen-bond donors (Lipinski definition) is 1. The minimum absolute atomic E-state index is 0.00129. The molecule has 0 saturated carbocycles. The lowest BCUT2D eigenvalue weighted by Gasteiger charge is -2.21. The van der Waals surface area contributed by atoms with Crippen LogP contribution in [-0.4, -0.2) is 35.0 Å². The summed E-state index contributed by atoms with van der Waals surface area (Å²) < 4.78 is 0. The highest BCUT2D eigenvalue weighted by atomic mass is 16.1. The van der Waals surface area contributed by atoms with E-state index in [2.05, 4.69) is 57.7 Å². The topological polar surface area (TPSA) is 58.1 Å². The van der Waals surface area contributed by atoms with Crippen molar-refractivity contribution in [2.75, 3.05) is 18.0 Å². The maximum absolute atomic E-state index is 12.5. The molecule has 3 aromatic carbocycles. The Morgan fingerprint density at radius 1 is 0.875 bits per heavy atom. The molecule has 1 aliphatic heterocycles. The molecule has 5 rings (SSSR count). The van der Waals surface area contributed by atoms with E-state index >= 15 is 0 Å². The minimum atomic E-state index is -0.00129. The van der Waals surface area contributed by atoms with E-state index in [1.807, 2.05) is 42.6 Å². The van der Waals surface area contributed by atoms with Gasteiger partial charge in [-0.15, -0.1) is 0 Å². The third-order valence-electron chi connectivity index (χ3n) is 6.07. The van der Waals surface area contributed by atoms with Crippen molar-refractivity contribution in [3.05, 3.63) is 90.6 Å². The minimum Gasteiger partial charge on any atom is -0.349 e. The fourth-order valence-electron chi connectivity index (χ4n) is 4.31. The first-order chi connectivity index (χ1) is 15.8. The number of fused-ring (bicyclic) bond motifs is 1. The molecule has 1 amide bonds. The summed E-state index contributed by atoms with van der Waals surface area (Å²) in [6.45, 7) is 1.71. The second-order valence-electron chi connectivity index (χ2n) is 8.26. The quantitative estimate of drug-likeness (QED) is 0.498. The number of benzene rings is 3. The largest absolute Gasteiger partial charge is 0.349 e. The summed E-state index contributed by atoms with van der Waals surface area (Å²) in [4.78, 5) is 24.2. The van der Waals surface area contributed by atoms with Crippen molar-refractivity contribution in [3.8, 4) is 11.3 Å². The van der Waals surface area contributed by atoms with Crippen molar-refractivity contribution < 1.29 is 4.79 Å². The summed E-state index contributed by atoms with van der Waals surface area (Å²) in [6, 6.07) is 26.3. The van der Waals surface area contributed by atoms with Gasteiger partial charge in [0.15, 0.2) is 0 Å². The van der Waals surface area contributed by atoms with Crippen LogP contribution in [-0.2, 0) is 0 Å². The maximum atomic E-state index is 12.5. The third kappa shape index (κ3) is 4.47. The Labute approximate surface area is 188 Å². The van der Waals surface area contributed by atoms with E-state index < -0.39 is 0 Å². The Morgan fingerprint density at radius 3 is 2.56 bits per heavy atom. The second kappa shape index (κ2) is 9.18. The molecule has 1 saturated heterocycles. The number of carbonyl (C=O) groups excluding carboxylic acids is 1. The molecule has 0 bridgehead atoms. The number of aromatic nitrogens is 2. The molecule has 4 aromatic rings. The zero-order valence-corrected chi connectivity index (χ0v) is 17.9. The molecule has 0 spiro atoms. The van der Waals surface area contributed by atoms with Crippen LogP contribution in [0.15, 0.2) is 85.1 Å². The lowest BCUT2D eigenvalue weighted by Crippen LogP contribution is -2.35. The number of carbonyl (C=O) groups is 1. The average molecular weight is 423 g/mol. The predicted molar refractivity (Wildman–Crippen MR) is 129 cm³/mol. The van der Waals surface area contributed by atoms with Crippen LogP contribution in [0.1, 0.15) is 29.6 Å². The summed E-state index contributed by atoms with van der Waals surface area (Å²) in [6.07, 6.45) is 4.66. The zero-order valence-electron chi connectivity index (χ0n) is 17.9. The van der Waals surface area contributed by atoms with Gasteiger partial charge in [-0.25, -0.2) is 9.97 Å². The molecule has 1 fully saturated rings. The molecule has 0 radical (unpaired) electrons. The van der Waals surface area contributed by atoms with Gasteiger partial charge in [-0.3, -0.25) is 4.79 Å². The standard InChI is InChI=1S/C27H26N4O/c32-26(21-8-2-1-3-9-21)29-24-11-6-17-31(18-15-24)27-28-16-14-25(30-27)23-13-12-20-7-4-5-10-22(20)19-23/h1-5,7-10,12-14,16,19,24H,6,11,15,17-18H2,(H,29,32). The van der Waals surface area contributed by atoms with Crippen molar-refractivity contribution >= 4 is 22.6 Å². The van der Waals surface area contributed by atoms with E-state index in [0.29, 0.717) is 5.56 Å². The van der Waals surface area contributed by atoms with Gasteiger partial charge in [0.1, 0.15) is 0 Å². The molecule has 2 heterocycles. The molecular weight excluding hydrogens is 396 g/mol. The molecule has 5 nitrogen and oxygen atoms in total. The van der Waals surface area contributed by atoms with E-state index in [0.717, 1.165) is 49.6 Å². The van der Waals surface area contributed by atoms with Gasteiger partial charge in [0.2, 0.25) is 5.95 Å². The first-order valence-electron chi connectivity index (χ1n) is 11.2. The number of nitrogens with one attached hydrogen (secondary N) is 1. The molecular formula is C27H26N4O. The van der Waals surface area contributed by atoms with E-state index in [9.17, 15) is 4.79 Å². The number of nitrogens with zero attached hydrogens (tertiary/aromatic N) is 3. The molecule has 1 atom stereocenters. The Bertz CT molecular complexity index is 1220. The van der Waals surface area contributed by atoms with Crippen LogP contribution in [0, 0.1) is 0 Å². The summed E-state index contributed by atoms with van der Waals surface area (Å²) >= 11 is 0. The molecule has 1 N–H and O–H groups in total. The zero-order chi connectivity index (χ0) is 21.8. The Morgan fingerprint density at radius 2 is 1.69 bits per heavy atom. The van der Waals surface area contributed by atoms with Crippen LogP contribution in [0.3, 0.4) is 0 Å². The molecule has 0 aliphatic carbocycles. The normalized spacial score (nSPS) is 16.5. The molecule has 1 unspecified atom stereocenters. The molecule has 1 aromatic heterocycles. The van der Waals surface area contributed by atoms with Gasteiger partial charge in [0.25, 0.3) is 5.91 Å². The van der Waals surface area contributed by atoms with Gasteiger partial charge in [0, 0.05) is 36.5 Å². The lowest BCUT2D eigenvalue weighted by atomic mass is 10.1. The summed E-state index contributed by atoms with van der Waals surface area (Å²) in [7, 11) is 0. The first-order valence-corrected chi connectivity index (χ1v) is 11.2. The van der Waals surface area contributed by atoms with Crippen molar-refractivity contribution in [3.63, 3.8) is 0 Å². The van der Waals surface area contributed by atoms with Crippen molar-refractivity contribution in [2.24, 2.45) is 0 Å². The van der Waals surface area contributed by atoms with Crippen LogP contribution >= 0.6 is 0 Å². The maximum Gasteiger partial charge on any atom is 0.251 e. The summed E-state index contributed by atoms with van der Waals surface area (Å²) in [5.41, 5.74) is 2.73. The predicted octanol–water partition coefficient (Wildman–Crippen LogP) is 5.09. The van der Waals surface area contributed by atoms with Crippen LogP contribution < -0.4 is 10.2 Å². The number of rotatable bonds is 4. The average Bonchev–Trinajstić information content (AvgIpc) is 3.10. The van der Waals surface area contributed by atoms with Crippen LogP contribution in [0.25, 0.3) is 22.0 Å². The summed E-state index contributed by atoms with van der Waals surface area (Å²) in [5.74, 6) is 0.754. The van der Waals surface area contributed by atoms with Crippen LogP contribution in [0.2, 0.25) is 0 Å². The highest BCUT2D eigenvalue weighted by molar-refractivity contribution is 5.94. The van der Waals surface area contributed by atoms with E-state index in [1.165, 1.54) is 10.8 Å². The molecule has 5 heteroatoms. The van der Waals surface area contributed by atoms with Gasteiger partial charge < -0.3 is 10.2 Å². The van der Waals surface area contributed by atoms with E-state index in [-0.39, 0.29) is 11.9 Å². The van der Waals surface area contributed by atoms with Crippen LogP contribution in [0.5, 0.6) is 0 Å². The highest BCUT2D eigenvalue weighted by Crippen LogP contribution is 2.25. The number of amides is 1. The van der Waals surface area contributed by atoms with Crippen molar-refractivity contribution in [2.45, 2.75) is 25.3 Å². The Balaban J connectivity index is 1.28. The van der Waals surface area contributed by atoms with E-state index in [4.69, 9.17) is 4.98 Å². The fraction of sp³-hybridized carbons (Fsp3) is 0.222. The monoisotopic (exact) mass is 422 g/mol. The Hall–Kier alpha value is -3.73. The molecule has 160 valence electrons. The summed E-state index contributed by atoms with van der Waals surface area (Å²) in [5, 5.41) is 5.62. The van der Waals surface area contributed by atoms with Gasteiger partial charge in [-0.1, -0.05) is 54.6 Å². The molecule has 32 heavy (non-hydrogen) atoms. The van der Waals surface area contributed by atoms with Crippen LogP contribution in [0.4, 0.5) is 5.95 Å². The third-order valence-corrected chi connectivity index (χ3v) is 6.07. The fourth-order valence-corrected chi connectivity index (χ4v) is 4.31. The smallest absolute Gasteiger partial charge is 0.251 e. The van der Waals surface area contributed by atoms with Crippen molar-refractivity contribution in [1.82, 2.24) is 15.3 Å². The second-order valence-corrected chi connectivity index (χ2v) is 8.26. The van der Waals surface area contributed by atoms with Gasteiger partial charge in [0.05, 0.1) is 5.69 Å². The SMILES string of the molecule is O=C(NC1CCCN(c2nccc(-c3ccc4ccccc4c3)n2)CC1)c1ccccc1. The Kier molecular flexibility index (Phi) is 5.79. The van der Waals surface area contributed by atoms with Gasteiger partial charge >= 0.3 is 0 Å². The number of hydrogen-bond acceptors (Lipinski definition) is 4. The lowest BCUT2D eigenvalue weighted by molar-refractivity contribution is 0.0934. The first kappa shape index (κ1) is 20.2.